The number of nitrogens with zero attached hydrogens (tertiary/aromatic N) is 4. The highest BCUT2D eigenvalue weighted by atomic mass is 15.3. The first-order chi connectivity index (χ1) is 13.8. The lowest BCUT2D eigenvalue weighted by Crippen LogP contribution is -2.29. The van der Waals surface area contributed by atoms with Crippen LogP contribution in [-0.2, 0) is 0 Å². The van der Waals surface area contributed by atoms with Crippen LogP contribution in [0.1, 0.15) is 31.4 Å². The third kappa shape index (κ3) is 3.77. The van der Waals surface area contributed by atoms with E-state index in [4.69, 9.17) is 5.41 Å². The van der Waals surface area contributed by atoms with E-state index in [2.05, 4.69) is 43.4 Å². The molecule has 1 aliphatic heterocycles. The quantitative estimate of drug-likeness (QED) is 0.664. The van der Waals surface area contributed by atoms with Crippen LogP contribution >= 0.6 is 0 Å². The molecule has 6 heteroatoms. The summed E-state index contributed by atoms with van der Waals surface area (Å²) in [5.74, 6) is 0.678. The van der Waals surface area contributed by atoms with Crippen LogP contribution in [0, 0.1) is 5.41 Å². The zero-order chi connectivity index (χ0) is 19.3. The Bertz CT molecular complexity index is 980. The van der Waals surface area contributed by atoms with Gasteiger partial charge in [0.2, 0.25) is 0 Å². The van der Waals surface area contributed by atoms with Gasteiger partial charge in [-0.3, -0.25) is 4.68 Å². The molecule has 1 aliphatic rings. The summed E-state index contributed by atoms with van der Waals surface area (Å²) in [6, 6.07) is 8.71. The number of nitrogens with one attached hydrogen (secondary N) is 2. The maximum Gasteiger partial charge on any atom is 0.159 e. The predicted molar refractivity (Wildman–Crippen MR) is 112 cm³/mol. The van der Waals surface area contributed by atoms with Crippen molar-refractivity contribution in [2.45, 2.75) is 25.8 Å². The van der Waals surface area contributed by atoms with Gasteiger partial charge in [-0.2, -0.15) is 5.10 Å². The van der Waals surface area contributed by atoms with Crippen LogP contribution in [0.4, 0.5) is 0 Å². The van der Waals surface area contributed by atoms with Crippen LogP contribution in [0.25, 0.3) is 28.1 Å². The van der Waals surface area contributed by atoms with Crippen molar-refractivity contribution in [2.24, 2.45) is 0 Å². The first kappa shape index (κ1) is 18.3. The largest absolute Gasteiger partial charge is 0.317 e. The van der Waals surface area contributed by atoms with E-state index in [1.165, 1.54) is 6.21 Å². The van der Waals surface area contributed by atoms with Crippen molar-refractivity contribution in [3.05, 3.63) is 60.7 Å². The SMILES string of the molecule is C/C=C(\C=N)c1cnc(-c2cccc(-c3cnn(C4CCNCC4)c3)c2)nc1. The van der Waals surface area contributed by atoms with Crippen LogP contribution in [-0.4, -0.2) is 39.1 Å². The molecule has 0 bridgehead atoms. The van der Waals surface area contributed by atoms with Crippen LogP contribution < -0.4 is 5.32 Å². The lowest BCUT2D eigenvalue weighted by Gasteiger charge is -2.22. The molecule has 0 spiro atoms. The van der Waals surface area contributed by atoms with Gasteiger partial charge in [-0.05, 0) is 50.1 Å². The maximum absolute atomic E-state index is 7.45. The molecule has 4 rings (SSSR count). The molecular formula is C22H24N6. The topological polar surface area (TPSA) is 79.5 Å². The fourth-order valence-corrected chi connectivity index (χ4v) is 3.56. The molecule has 28 heavy (non-hydrogen) atoms. The van der Waals surface area contributed by atoms with E-state index in [0.29, 0.717) is 11.9 Å². The third-order valence-electron chi connectivity index (χ3n) is 5.19. The van der Waals surface area contributed by atoms with E-state index in [0.717, 1.165) is 53.8 Å². The molecule has 3 heterocycles. The molecule has 3 aromatic rings. The van der Waals surface area contributed by atoms with Gasteiger partial charge >= 0.3 is 0 Å². The molecule has 0 amide bonds. The van der Waals surface area contributed by atoms with E-state index in [9.17, 15) is 0 Å². The van der Waals surface area contributed by atoms with E-state index in [1.54, 1.807) is 12.4 Å². The second-order valence-electron chi connectivity index (χ2n) is 6.95. The summed E-state index contributed by atoms with van der Waals surface area (Å²) in [5.41, 5.74) is 4.85. The molecule has 1 fully saturated rings. The molecular weight excluding hydrogens is 348 g/mol. The predicted octanol–water partition coefficient (Wildman–Crippen LogP) is 3.98. The summed E-state index contributed by atoms with van der Waals surface area (Å²) in [7, 11) is 0. The van der Waals surface area contributed by atoms with Crippen molar-refractivity contribution in [3.63, 3.8) is 0 Å². The molecule has 1 saturated heterocycles. The minimum Gasteiger partial charge on any atom is -0.317 e. The standard InChI is InChI=1S/C22H24N6/c1-2-16(11-23)19-12-25-22(26-13-19)18-5-3-4-17(10-18)20-14-27-28(15-20)21-6-8-24-9-7-21/h2-5,10-15,21,23-24H,6-9H2,1H3/b16-2+,23-11?. The average Bonchev–Trinajstić information content (AvgIpc) is 3.26. The Morgan fingerprint density at radius 1 is 1.11 bits per heavy atom. The van der Waals surface area contributed by atoms with Crippen LogP contribution in [0.3, 0.4) is 0 Å². The van der Waals surface area contributed by atoms with Gasteiger partial charge < -0.3 is 10.7 Å². The number of benzene rings is 1. The second-order valence-corrected chi connectivity index (χ2v) is 6.95. The van der Waals surface area contributed by atoms with Crippen molar-refractivity contribution in [1.82, 2.24) is 25.1 Å². The molecule has 2 aromatic heterocycles. The van der Waals surface area contributed by atoms with Gasteiger partial charge in [-0.25, -0.2) is 9.97 Å². The number of rotatable bonds is 5. The number of hydrogen-bond donors (Lipinski definition) is 2. The fraction of sp³-hybridized carbons (Fsp3) is 0.273. The summed E-state index contributed by atoms with van der Waals surface area (Å²) >= 11 is 0. The van der Waals surface area contributed by atoms with Crippen LogP contribution in [0.2, 0.25) is 0 Å². The van der Waals surface area contributed by atoms with Gasteiger partial charge in [0.05, 0.1) is 12.2 Å². The summed E-state index contributed by atoms with van der Waals surface area (Å²) in [4.78, 5) is 8.99. The first-order valence-corrected chi connectivity index (χ1v) is 9.63. The Balaban J connectivity index is 1.58. The molecule has 0 atom stereocenters. The van der Waals surface area contributed by atoms with Gasteiger partial charge in [-0.1, -0.05) is 24.3 Å². The summed E-state index contributed by atoms with van der Waals surface area (Å²) in [6.45, 7) is 4.01. The van der Waals surface area contributed by atoms with Crippen LogP contribution in [0.5, 0.6) is 0 Å². The number of aromatic nitrogens is 4. The molecule has 0 radical (unpaired) electrons. The van der Waals surface area contributed by atoms with Gasteiger partial charge in [0.1, 0.15) is 0 Å². The Morgan fingerprint density at radius 2 is 1.86 bits per heavy atom. The molecule has 6 nitrogen and oxygen atoms in total. The van der Waals surface area contributed by atoms with E-state index in [-0.39, 0.29) is 0 Å². The van der Waals surface area contributed by atoms with Gasteiger partial charge in [0.15, 0.2) is 5.82 Å². The van der Waals surface area contributed by atoms with Crippen molar-refractivity contribution in [2.75, 3.05) is 13.1 Å². The van der Waals surface area contributed by atoms with Crippen LogP contribution in [0.15, 0.2) is 55.1 Å². The fourth-order valence-electron chi connectivity index (χ4n) is 3.56. The summed E-state index contributed by atoms with van der Waals surface area (Å²) in [6.07, 6.45) is 13.0. The summed E-state index contributed by atoms with van der Waals surface area (Å²) in [5, 5.41) is 15.4. The number of allylic oxidation sites excluding steroid dienone is 2. The number of hydrogen-bond acceptors (Lipinski definition) is 5. The smallest absolute Gasteiger partial charge is 0.159 e. The highest BCUT2D eigenvalue weighted by Crippen LogP contribution is 2.26. The van der Waals surface area contributed by atoms with Gasteiger partial charge in [0, 0.05) is 41.5 Å². The Morgan fingerprint density at radius 3 is 2.57 bits per heavy atom. The Kier molecular flexibility index (Phi) is 5.39. The third-order valence-corrected chi connectivity index (χ3v) is 5.19. The maximum atomic E-state index is 7.45. The summed E-state index contributed by atoms with van der Waals surface area (Å²) < 4.78 is 2.10. The van der Waals surface area contributed by atoms with E-state index >= 15 is 0 Å². The molecule has 142 valence electrons. The molecule has 1 aromatic carbocycles. The lowest BCUT2D eigenvalue weighted by molar-refractivity contribution is 0.343. The number of piperidine rings is 1. The minimum absolute atomic E-state index is 0.476. The van der Waals surface area contributed by atoms with Gasteiger partial charge in [0.25, 0.3) is 0 Å². The second kappa shape index (κ2) is 8.27. The van der Waals surface area contributed by atoms with E-state index < -0.39 is 0 Å². The average molecular weight is 372 g/mol. The highest BCUT2D eigenvalue weighted by molar-refractivity contribution is 6.07. The molecule has 0 aliphatic carbocycles. The van der Waals surface area contributed by atoms with Crippen molar-refractivity contribution < 1.29 is 0 Å². The first-order valence-electron chi connectivity index (χ1n) is 9.63. The van der Waals surface area contributed by atoms with E-state index in [1.807, 2.05) is 31.3 Å². The molecule has 0 unspecified atom stereocenters. The molecule has 0 saturated carbocycles. The van der Waals surface area contributed by atoms with Crippen molar-refractivity contribution >= 4 is 11.8 Å². The molecule has 2 N–H and O–H groups in total. The zero-order valence-corrected chi connectivity index (χ0v) is 16.0. The van der Waals surface area contributed by atoms with Crippen molar-refractivity contribution in [1.29, 1.82) is 5.41 Å². The normalized spacial score (nSPS) is 15.5. The lowest BCUT2D eigenvalue weighted by atomic mass is 10.0. The Hall–Kier alpha value is -3.12. The highest BCUT2D eigenvalue weighted by Gasteiger charge is 2.16. The van der Waals surface area contributed by atoms with Gasteiger partial charge in [-0.15, -0.1) is 0 Å². The van der Waals surface area contributed by atoms with Crippen molar-refractivity contribution in [3.8, 4) is 22.5 Å². The Labute approximate surface area is 164 Å². The monoisotopic (exact) mass is 372 g/mol. The zero-order valence-electron chi connectivity index (χ0n) is 16.0. The minimum atomic E-state index is 0.476.